The van der Waals surface area contributed by atoms with Crippen molar-refractivity contribution < 1.29 is 4.79 Å². The topological polar surface area (TPSA) is 120 Å². The van der Waals surface area contributed by atoms with Gasteiger partial charge in [-0.25, -0.2) is 0 Å². The zero-order chi connectivity index (χ0) is 18.5. The molecule has 3 aromatic rings. The van der Waals surface area contributed by atoms with Gasteiger partial charge in [-0.15, -0.1) is 0 Å². The fraction of sp³-hybridized carbons (Fsp3) is 0.111. The summed E-state index contributed by atoms with van der Waals surface area (Å²) in [6.45, 7) is 1.77. The number of hydrogen-bond donors (Lipinski definition) is 3. The Labute approximate surface area is 155 Å². The van der Waals surface area contributed by atoms with Gasteiger partial charge in [-0.3, -0.25) is 4.79 Å². The molecule has 0 saturated heterocycles. The molecule has 1 aromatic heterocycles. The largest absolute Gasteiger partial charge is 0.368 e. The molecule has 0 spiro atoms. The minimum atomic E-state index is -0.444. The van der Waals surface area contributed by atoms with E-state index in [1.807, 2.05) is 54.6 Å². The zero-order valence-electron chi connectivity index (χ0n) is 14.1. The number of rotatable bonds is 5. The Morgan fingerprint density at radius 1 is 0.962 bits per heavy atom. The van der Waals surface area contributed by atoms with Crippen LogP contribution in [0, 0.1) is 0 Å². The van der Waals surface area contributed by atoms with Crippen LogP contribution < -0.4 is 16.8 Å². The standard InChI is InChI=1S/C18H18N6OS/c1-11(26-18-23-16(19)22-17(20)24-18)15(25)21-14-10-6-5-9-13(14)12-7-3-2-4-8-12/h2-11H,1H3,(H,21,25)(H4,19,20,22,23,24)/t11-/m1/s1. The Hall–Kier alpha value is -3.13. The third-order valence-electron chi connectivity index (χ3n) is 3.57. The van der Waals surface area contributed by atoms with Crippen molar-refractivity contribution in [1.29, 1.82) is 0 Å². The van der Waals surface area contributed by atoms with Gasteiger partial charge in [0, 0.05) is 11.3 Å². The van der Waals surface area contributed by atoms with Crippen molar-refractivity contribution in [3.63, 3.8) is 0 Å². The Balaban J connectivity index is 1.76. The van der Waals surface area contributed by atoms with Gasteiger partial charge < -0.3 is 16.8 Å². The van der Waals surface area contributed by atoms with E-state index in [2.05, 4.69) is 20.3 Å². The smallest absolute Gasteiger partial charge is 0.237 e. The first-order valence-corrected chi connectivity index (χ1v) is 8.80. The van der Waals surface area contributed by atoms with E-state index in [-0.39, 0.29) is 17.8 Å². The second-order valence-corrected chi connectivity index (χ2v) is 6.80. The van der Waals surface area contributed by atoms with Crippen LogP contribution in [0.2, 0.25) is 0 Å². The third-order valence-corrected chi connectivity index (χ3v) is 4.53. The Bertz CT molecular complexity index is 898. The van der Waals surface area contributed by atoms with Gasteiger partial charge in [-0.05, 0) is 18.6 Å². The number of amides is 1. The second kappa shape index (κ2) is 7.83. The number of thioether (sulfide) groups is 1. The van der Waals surface area contributed by atoms with Crippen molar-refractivity contribution in [2.75, 3.05) is 16.8 Å². The van der Waals surface area contributed by atoms with Crippen molar-refractivity contribution in [2.24, 2.45) is 0 Å². The van der Waals surface area contributed by atoms with Crippen molar-refractivity contribution in [1.82, 2.24) is 15.0 Å². The van der Waals surface area contributed by atoms with Gasteiger partial charge in [0.2, 0.25) is 17.8 Å². The summed E-state index contributed by atoms with van der Waals surface area (Å²) in [5, 5.41) is 2.83. The SMILES string of the molecule is C[C@@H](Sc1nc(N)nc(N)n1)C(=O)Nc1ccccc1-c1ccccc1. The number of aromatic nitrogens is 3. The van der Waals surface area contributed by atoms with E-state index < -0.39 is 5.25 Å². The van der Waals surface area contributed by atoms with Crippen molar-refractivity contribution in [2.45, 2.75) is 17.3 Å². The van der Waals surface area contributed by atoms with E-state index in [0.717, 1.165) is 16.8 Å². The van der Waals surface area contributed by atoms with Crippen molar-refractivity contribution >= 4 is 35.3 Å². The Morgan fingerprint density at radius 3 is 2.27 bits per heavy atom. The minimum Gasteiger partial charge on any atom is -0.368 e. The van der Waals surface area contributed by atoms with Gasteiger partial charge >= 0.3 is 0 Å². The molecule has 2 aromatic carbocycles. The normalized spacial score (nSPS) is 11.7. The highest BCUT2D eigenvalue weighted by molar-refractivity contribution is 8.00. The lowest BCUT2D eigenvalue weighted by atomic mass is 10.0. The quantitative estimate of drug-likeness (QED) is 0.594. The summed E-state index contributed by atoms with van der Waals surface area (Å²) in [5.74, 6) is -0.111. The highest BCUT2D eigenvalue weighted by atomic mass is 32.2. The number of hydrogen-bond acceptors (Lipinski definition) is 7. The molecule has 0 radical (unpaired) electrons. The van der Waals surface area contributed by atoms with Crippen LogP contribution in [-0.4, -0.2) is 26.1 Å². The molecule has 3 rings (SSSR count). The molecule has 1 atom stereocenters. The molecule has 26 heavy (non-hydrogen) atoms. The molecule has 1 amide bonds. The molecule has 0 bridgehead atoms. The van der Waals surface area contributed by atoms with Crippen LogP contribution in [0.15, 0.2) is 59.8 Å². The number of nitrogens with one attached hydrogen (secondary N) is 1. The van der Waals surface area contributed by atoms with E-state index in [4.69, 9.17) is 11.5 Å². The minimum absolute atomic E-state index is 0.0297. The number of carbonyl (C=O) groups excluding carboxylic acids is 1. The van der Waals surface area contributed by atoms with Gasteiger partial charge in [0.25, 0.3) is 0 Å². The van der Waals surface area contributed by atoms with Crippen LogP contribution in [0.25, 0.3) is 11.1 Å². The summed E-state index contributed by atoms with van der Waals surface area (Å²) >= 11 is 1.17. The van der Waals surface area contributed by atoms with E-state index in [0.29, 0.717) is 5.16 Å². The fourth-order valence-electron chi connectivity index (χ4n) is 2.35. The molecule has 5 N–H and O–H groups in total. The molecule has 1 heterocycles. The molecule has 0 aliphatic rings. The van der Waals surface area contributed by atoms with Gasteiger partial charge in [-0.1, -0.05) is 60.3 Å². The van der Waals surface area contributed by atoms with Gasteiger partial charge in [-0.2, -0.15) is 15.0 Å². The summed E-state index contributed by atoms with van der Waals surface area (Å²) in [5.41, 5.74) is 13.8. The molecule has 0 unspecified atom stereocenters. The van der Waals surface area contributed by atoms with E-state index in [9.17, 15) is 4.79 Å². The van der Waals surface area contributed by atoms with Crippen LogP contribution in [-0.2, 0) is 4.79 Å². The number of nitrogens with two attached hydrogens (primary N) is 2. The number of anilines is 3. The lowest BCUT2D eigenvalue weighted by Gasteiger charge is -2.14. The average Bonchev–Trinajstić information content (AvgIpc) is 2.62. The number of nitrogens with zero attached hydrogens (tertiary/aromatic N) is 3. The van der Waals surface area contributed by atoms with Crippen LogP contribution in [0.3, 0.4) is 0 Å². The molecule has 0 aliphatic carbocycles. The van der Waals surface area contributed by atoms with Crippen LogP contribution in [0.5, 0.6) is 0 Å². The first kappa shape index (κ1) is 17.7. The van der Waals surface area contributed by atoms with E-state index in [1.165, 1.54) is 11.8 Å². The van der Waals surface area contributed by atoms with Crippen molar-refractivity contribution in [3.05, 3.63) is 54.6 Å². The van der Waals surface area contributed by atoms with Gasteiger partial charge in [0.05, 0.1) is 5.25 Å². The predicted molar refractivity (Wildman–Crippen MR) is 104 cm³/mol. The number of nitrogen functional groups attached to an aromatic ring is 2. The maximum atomic E-state index is 12.6. The molecule has 0 saturated carbocycles. The third kappa shape index (κ3) is 4.28. The highest BCUT2D eigenvalue weighted by Gasteiger charge is 2.18. The summed E-state index contributed by atoms with van der Waals surface area (Å²) in [6, 6.07) is 17.5. The maximum absolute atomic E-state index is 12.6. The van der Waals surface area contributed by atoms with E-state index in [1.54, 1.807) is 6.92 Å². The fourth-order valence-corrected chi connectivity index (χ4v) is 3.12. The number of benzene rings is 2. The number of carbonyl (C=O) groups is 1. The summed E-state index contributed by atoms with van der Waals surface area (Å²) in [6.07, 6.45) is 0. The zero-order valence-corrected chi connectivity index (χ0v) is 14.9. The molecule has 7 nitrogen and oxygen atoms in total. The lowest BCUT2D eigenvalue weighted by Crippen LogP contribution is -2.23. The molecule has 8 heteroatoms. The van der Waals surface area contributed by atoms with Crippen LogP contribution in [0.1, 0.15) is 6.92 Å². The first-order valence-electron chi connectivity index (χ1n) is 7.92. The molecule has 0 aliphatic heterocycles. The molecule has 132 valence electrons. The number of para-hydroxylation sites is 1. The maximum Gasteiger partial charge on any atom is 0.237 e. The lowest BCUT2D eigenvalue weighted by molar-refractivity contribution is -0.115. The summed E-state index contributed by atoms with van der Waals surface area (Å²) in [4.78, 5) is 24.3. The van der Waals surface area contributed by atoms with Gasteiger partial charge in [0.1, 0.15) is 0 Å². The van der Waals surface area contributed by atoms with Crippen LogP contribution in [0.4, 0.5) is 17.6 Å². The summed E-state index contributed by atoms with van der Waals surface area (Å²) in [7, 11) is 0. The van der Waals surface area contributed by atoms with Crippen molar-refractivity contribution in [3.8, 4) is 11.1 Å². The second-order valence-electron chi connectivity index (χ2n) is 5.50. The summed E-state index contributed by atoms with van der Waals surface area (Å²) < 4.78 is 0. The van der Waals surface area contributed by atoms with Crippen LogP contribution >= 0.6 is 11.8 Å². The average molecular weight is 366 g/mol. The molecular formula is C18H18N6OS. The monoisotopic (exact) mass is 366 g/mol. The van der Waals surface area contributed by atoms with Gasteiger partial charge in [0.15, 0.2) is 5.16 Å². The Kier molecular flexibility index (Phi) is 5.33. The molecular weight excluding hydrogens is 348 g/mol. The van der Waals surface area contributed by atoms with E-state index >= 15 is 0 Å². The first-order chi connectivity index (χ1) is 12.5. The predicted octanol–water partition coefficient (Wildman–Crippen LogP) is 2.82. The highest BCUT2D eigenvalue weighted by Crippen LogP contribution is 2.29. The Morgan fingerprint density at radius 2 is 1.58 bits per heavy atom. The molecule has 0 fully saturated rings.